The van der Waals surface area contributed by atoms with Crippen molar-refractivity contribution in [3.8, 4) is 0 Å². The van der Waals surface area contributed by atoms with Gasteiger partial charge in [0.1, 0.15) is 0 Å². The van der Waals surface area contributed by atoms with Crippen LogP contribution in [0.4, 0.5) is 0 Å². The molecule has 24 heavy (non-hydrogen) atoms. The van der Waals surface area contributed by atoms with Gasteiger partial charge in [0, 0.05) is 34.9 Å². The molecule has 122 valence electrons. The zero-order valence-electron chi connectivity index (χ0n) is 13.0. The van der Waals surface area contributed by atoms with Crippen LogP contribution in [0.1, 0.15) is 40.8 Å². The maximum atomic E-state index is 12.7. The van der Waals surface area contributed by atoms with E-state index in [1.54, 1.807) is 18.5 Å². The third-order valence-electron chi connectivity index (χ3n) is 4.49. The third kappa shape index (κ3) is 2.41. The lowest BCUT2D eigenvalue weighted by atomic mass is 10.1. The molecule has 1 saturated carbocycles. The van der Waals surface area contributed by atoms with Crippen LogP contribution in [-0.2, 0) is 11.2 Å². The van der Waals surface area contributed by atoms with Gasteiger partial charge in [-0.05, 0) is 30.9 Å². The minimum absolute atomic E-state index is 0.163. The van der Waals surface area contributed by atoms with Crippen LogP contribution in [0.3, 0.4) is 0 Å². The number of carboxylic acid groups (broad SMARTS) is 1. The number of aromatic nitrogens is 3. The van der Waals surface area contributed by atoms with Crippen molar-refractivity contribution in [3.05, 3.63) is 62.8 Å². The minimum Gasteiger partial charge on any atom is -0.481 e. The Morgan fingerprint density at radius 1 is 1.46 bits per heavy atom. The molecule has 3 aromatic rings. The van der Waals surface area contributed by atoms with Crippen LogP contribution in [0.15, 0.2) is 34.7 Å². The average Bonchev–Trinajstić information content (AvgIpc) is 3.27. The lowest BCUT2D eigenvalue weighted by Crippen LogP contribution is -2.21. The number of hydrogen-bond acceptors (Lipinski definition) is 5. The average molecular weight is 341 g/mol. The summed E-state index contributed by atoms with van der Waals surface area (Å²) in [6.45, 7) is 1.78. The number of pyridine rings is 1. The van der Waals surface area contributed by atoms with E-state index in [0.717, 1.165) is 12.1 Å². The normalized spacial score (nSPS) is 19.5. The molecule has 0 saturated heterocycles. The molecule has 0 aliphatic heterocycles. The molecule has 0 aromatic carbocycles. The van der Waals surface area contributed by atoms with E-state index in [9.17, 15) is 9.59 Å². The van der Waals surface area contributed by atoms with Crippen molar-refractivity contribution >= 4 is 22.3 Å². The molecule has 0 unspecified atom stereocenters. The fourth-order valence-electron chi connectivity index (χ4n) is 3.20. The van der Waals surface area contributed by atoms with Gasteiger partial charge >= 0.3 is 5.97 Å². The van der Waals surface area contributed by atoms with Gasteiger partial charge < -0.3 is 5.11 Å². The number of thiazole rings is 1. The number of carbonyl (C=O) groups is 1. The molecule has 0 radical (unpaired) electrons. The van der Waals surface area contributed by atoms with Crippen molar-refractivity contribution in [3.63, 3.8) is 0 Å². The molecule has 4 rings (SSSR count). The van der Waals surface area contributed by atoms with Crippen LogP contribution in [0.5, 0.6) is 0 Å². The molecule has 1 N–H and O–H groups in total. The summed E-state index contributed by atoms with van der Waals surface area (Å²) in [6, 6.07) is 3.97. The monoisotopic (exact) mass is 341 g/mol. The Bertz CT molecular complexity index is 993. The van der Waals surface area contributed by atoms with Crippen LogP contribution in [0.2, 0.25) is 0 Å². The molecule has 3 heterocycles. The summed E-state index contributed by atoms with van der Waals surface area (Å²) >= 11 is 1.31. The predicted molar refractivity (Wildman–Crippen MR) is 89.8 cm³/mol. The fourth-order valence-corrected chi connectivity index (χ4v) is 4.09. The van der Waals surface area contributed by atoms with Crippen LogP contribution >= 0.6 is 11.3 Å². The van der Waals surface area contributed by atoms with E-state index in [0.29, 0.717) is 22.1 Å². The van der Waals surface area contributed by atoms with Crippen LogP contribution in [0, 0.1) is 6.92 Å². The summed E-state index contributed by atoms with van der Waals surface area (Å²) in [5.74, 6) is -0.371. The van der Waals surface area contributed by atoms with Crippen LogP contribution in [0.25, 0.3) is 4.96 Å². The standard InChI is InChI=1S/C17H15N3O3S/c1-9-15(13-6-12(13)10-3-2-4-18-7-10)19-17-20(16(9)23)11(8-24-17)5-14(21)22/h2-4,7-8,12-13H,5-6H2,1H3,(H,21,22)/t12-,13+/m0/s1. The number of aliphatic carboxylic acids is 1. The van der Waals surface area contributed by atoms with Gasteiger partial charge in [0.25, 0.3) is 5.56 Å². The lowest BCUT2D eigenvalue weighted by molar-refractivity contribution is -0.136. The summed E-state index contributed by atoms with van der Waals surface area (Å²) in [5.41, 5.74) is 2.92. The first-order valence-corrected chi connectivity index (χ1v) is 8.55. The first kappa shape index (κ1) is 15.0. The zero-order chi connectivity index (χ0) is 16.8. The Balaban J connectivity index is 1.75. The van der Waals surface area contributed by atoms with E-state index >= 15 is 0 Å². The highest BCUT2D eigenvalue weighted by Crippen LogP contribution is 2.54. The van der Waals surface area contributed by atoms with Gasteiger partial charge in [-0.25, -0.2) is 4.98 Å². The van der Waals surface area contributed by atoms with Gasteiger partial charge in [0.2, 0.25) is 0 Å². The number of nitrogens with zero attached hydrogens (tertiary/aromatic N) is 3. The molecule has 0 amide bonds. The number of carboxylic acids is 1. The highest BCUT2D eigenvalue weighted by molar-refractivity contribution is 7.15. The molecule has 0 bridgehead atoms. The maximum absolute atomic E-state index is 12.7. The van der Waals surface area contributed by atoms with Crippen molar-refractivity contribution in [2.75, 3.05) is 0 Å². The lowest BCUT2D eigenvalue weighted by Gasteiger charge is -2.06. The summed E-state index contributed by atoms with van der Waals surface area (Å²) in [4.78, 5) is 33.1. The van der Waals surface area contributed by atoms with Gasteiger partial charge in [-0.3, -0.25) is 19.0 Å². The Morgan fingerprint density at radius 2 is 2.29 bits per heavy atom. The molecular formula is C17H15N3O3S. The van der Waals surface area contributed by atoms with E-state index in [2.05, 4.69) is 16.0 Å². The van der Waals surface area contributed by atoms with Crippen LogP contribution in [-0.4, -0.2) is 25.4 Å². The summed E-state index contributed by atoms with van der Waals surface area (Å²) in [6.07, 6.45) is 4.39. The minimum atomic E-state index is -0.956. The molecule has 3 aromatic heterocycles. The number of rotatable bonds is 4. The van der Waals surface area contributed by atoms with Gasteiger partial charge in [-0.15, -0.1) is 11.3 Å². The Morgan fingerprint density at radius 3 is 3.00 bits per heavy atom. The fraction of sp³-hybridized carbons (Fsp3) is 0.294. The summed E-state index contributed by atoms with van der Waals surface area (Å²) in [7, 11) is 0. The maximum Gasteiger partial charge on any atom is 0.309 e. The Hall–Kier alpha value is -2.54. The first-order valence-electron chi connectivity index (χ1n) is 7.67. The van der Waals surface area contributed by atoms with Crippen molar-refractivity contribution in [1.29, 1.82) is 0 Å². The Labute approximate surface area is 141 Å². The summed E-state index contributed by atoms with van der Waals surface area (Å²) < 4.78 is 1.43. The second-order valence-electron chi connectivity index (χ2n) is 6.08. The van der Waals surface area contributed by atoms with Crippen molar-refractivity contribution < 1.29 is 9.90 Å². The Kier molecular flexibility index (Phi) is 3.45. The van der Waals surface area contributed by atoms with Crippen molar-refractivity contribution in [1.82, 2.24) is 14.4 Å². The molecule has 6 nitrogen and oxygen atoms in total. The van der Waals surface area contributed by atoms with E-state index in [1.165, 1.54) is 21.3 Å². The highest BCUT2D eigenvalue weighted by Gasteiger charge is 2.42. The second-order valence-corrected chi connectivity index (χ2v) is 6.91. The van der Waals surface area contributed by atoms with E-state index in [4.69, 9.17) is 5.11 Å². The van der Waals surface area contributed by atoms with Crippen LogP contribution < -0.4 is 5.56 Å². The zero-order valence-corrected chi connectivity index (χ0v) is 13.8. The molecule has 1 aliphatic carbocycles. The van der Waals surface area contributed by atoms with Crippen molar-refractivity contribution in [2.45, 2.75) is 31.6 Å². The number of fused-ring (bicyclic) bond motifs is 1. The SMILES string of the molecule is Cc1c([C@@H]2C[C@H]2c2cccnc2)nc2scc(CC(=O)O)n2c1=O. The second kappa shape index (κ2) is 5.52. The first-order chi connectivity index (χ1) is 11.6. The van der Waals surface area contributed by atoms with Crippen molar-refractivity contribution in [2.24, 2.45) is 0 Å². The molecule has 1 aliphatic rings. The quantitative estimate of drug-likeness (QED) is 0.787. The van der Waals surface area contributed by atoms with Gasteiger partial charge in [-0.2, -0.15) is 0 Å². The van der Waals surface area contributed by atoms with Gasteiger partial charge in [0.05, 0.1) is 12.1 Å². The molecule has 2 atom stereocenters. The van der Waals surface area contributed by atoms with Gasteiger partial charge in [-0.1, -0.05) is 6.07 Å². The predicted octanol–water partition coefficient (Wildman–Crippen LogP) is 2.36. The topological polar surface area (TPSA) is 84.6 Å². The number of hydrogen-bond donors (Lipinski definition) is 1. The summed E-state index contributed by atoms with van der Waals surface area (Å²) in [5, 5.41) is 10.7. The highest BCUT2D eigenvalue weighted by atomic mass is 32.1. The molecule has 1 fully saturated rings. The third-order valence-corrected chi connectivity index (χ3v) is 5.36. The van der Waals surface area contributed by atoms with E-state index in [-0.39, 0.29) is 17.9 Å². The van der Waals surface area contributed by atoms with E-state index < -0.39 is 5.97 Å². The largest absolute Gasteiger partial charge is 0.481 e. The van der Waals surface area contributed by atoms with Gasteiger partial charge in [0.15, 0.2) is 4.96 Å². The molecule has 7 heteroatoms. The smallest absolute Gasteiger partial charge is 0.309 e. The molecular weight excluding hydrogens is 326 g/mol. The molecule has 0 spiro atoms. The van der Waals surface area contributed by atoms with E-state index in [1.807, 2.05) is 12.3 Å².